The van der Waals surface area contributed by atoms with Gasteiger partial charge in [0.05, 0.1) is 11.6 Å². The van der Waals surface area contributed by atoms with E-state index in [-0.39, 0.29) is 5.91 Å². The van der Waals surface area contributed by atoms with Gasteiger partial charge in [-0.3, -0.25) is 4.79 Å². The lowest BCUT2D eigenvalue weighted by atomic mass is 9.95. The zero-order chi connectivity index (χ0) is 18.9. The highest BCUT2D eigenvalue weighted by Gasteiger charge is 2.21. The Kier molecular flexibility index (Phi) is 4.76. The van der Waals surface area contributed by atoms with E-state index >= 15 is 0 Å². The van der Waals surface area contributed by atoms with Crippen LogP contribution in [0.25, 0.3) is 21.7 Å². The third kappa shape index (κ3) is 3.39. The van der Waals surface area contributed by atoms with Gasteiger partial charge in [0.2, 0.25) is 0 Å². The molecule has 0 unspecified atom stereocenters. The minimum absolute atomic E-state index is 0.0280. The topological polar surface area (TPSA) is 71.3 Å². The quantitative estimate of drug-likeness (QED) is 0.697. The lowest BCUT2D eigenvalue weighted by molar-refractivity contribution is 0.0931. The van der Waals surface area contributed by atoms with Crippen LogP contribution in [-0.2, 0) is 0 Å². The molecular formula is C21H24N4O2S. The first-order chi connectivity index (χ1) is 13.8. The molecule has 1 aliphatic heterocycles. The van der Waals surface area contributed by atoms with E-state index in [9.17, 15) is 4.79 Å². The second-order valence-corrected chi connectivity index (χ2v) is 8.77. The van der Waals surface area contributed by atoms with Crippen molar-refractivity contribution in [2.45, 2.75) is 51.0 Å². The number of hydrogen-bond acceptors (Lipinski definition) is 6. The first kappa shape index (κ1) is 17.7. The van der Waals surface area contributed by atoms with E-state index in [1.54, 1.807) is 6.20 Å². The Hall–Kier alpha value is -2.41. The Morgan fingerprint density at radius 2 is 1.96 bits per heavy atom. The summed E-state index contributed by atoms with van der Waals surface area (Å²) in [5.41, 5.74) is 2.66. The lowest BCUT2D eigenvalue weighted by Gasteiger charge is -2.22. The molecule has 1 saturated heterocycles. The standard InChI is InChI=1S/C21H24N4O2S/c26-20(23-14-6-2-1-3-7-14)18-13-22-21(28-18)19-16-9-8-15(12-17(16)27-24-19)25-10-4-5-11-25/h8-9,12-14H,1-7,10-11H2,(H,23,26). The Morgan fingerprint density at radius 1 is 1.14 bits per heavy atom. The van der Waals surface area contributed by atoms with Crippen molar-refractivity contribution >= 4 is 33.9 Å². The van der Waals surface area contributed by atoms with Crippen molar-refractivity contribution in [1.82, 2.24) is 15.5 Å². The van der Waals surface area contributed by atoms with Crippen molar-refractivity contribution in [3.05, 3.63) is 29.3 Å². The summed E-state index contributed by atoms with van der Waals surface area (Å²) >= 11 is 1.38. The average molecular weight is 397 g/mol. The van der Waals surface area contributed by atoms with Crippen LogP contribution in [0.15, 0.2) is 28.9 Å². The second kappa shape index (κ2) is 7.54. The van der Waals surface area contributed by atoms with Gasteiger partial charge in [0.1, 0.15) is 15.6 Å². The largest absolute Gasteiger partial charge is 0.371 e. The highest BCUT2D eigenvalue weighted by molar-refractivity contribution is 7.17. The van der Waals surface area contributed by atoms with Gasteiger partial charge in [-0.2, -0.15) is 0 Å². The first-order valence-electron chi connectivity index (χ1n) is 10.2. The van der Waals surface area contributed by atoms with E-state index in [1.165, 1.54) is 49.1 Å². The van der Waals surface area contributed by atoms with Crippen LogP contribution < -0.4 is 10.2 Å². The molecule has 0 atom stereocenters. The number of thiazole rings is 1. The molecule has 2 aromatic heterocycles. The summed E-state index contributed by atoms with van der Waals surface area (Å²) in [4.78, 5) is 20.0. The summed E-state index contributed by atoms with van der Waals surface area (Å²) in [7, 11) is 0. The van der Waals surface area contributed by atoms with Crippen molar-refractivity contribution in [3.63, 3.8) is 0 Å². The number of hydrogen-bond donors (Lipinski definition) is 1. The Labute approximate surface area is 167 Å². The van der Waals surface area contributed by atoms with Crippen molar-refractivity contribution < 1.29 is 9.32 Å². The molecule has 7 heteroatoms. The number of amides is 1. The molecule has 2 aliphatic rings. The molecule has 2 fully saturated rings. The van der Waals surface area contributed by atoms with Crippen LogP contribution >= 0.6 is 11.3 Å². The fraction of sp³-hybridized carbons (Fsp3) is 0.476. The molecule has 6 nitrogen and oxygen atoms in total. The summed E-state index contributed by atoms with van der Waals surface area (Å²) in [5, 5.41) is 9.06. The Bertz CT molecular complexity index is 983. The zero-order valence-corrected chi connectivity index (χ0v) is 16.6. The fourth-order valence-electron chi connectivity index (χ4n) is 4.24. The average Bonchev–Trinajstić information content (AvgIpc) is 3.47. The number of anilines is 1. The molecule has 1 aromatic carbocycles. The molecule has 1 amide bonds. The number of nitrogens with one attached hydrogen (secondary N) is 1. The van der Waals surface area contributed by atoms with E-state index < -0.39 is 0 Å². The predicted octanol–water partition coefficient (Wildman–Crippen LogP) is 4.61. The third-order valence-electron chi connectivity index (χ3n) is 5.80. The molecule has 1 saturated carbocycles. The van der Waals surface area contributed by atoms with Crippen LogP contribution in [0, 0.1) is 0 Å². The normalized spacial score (nSPS) is 18.1. The molecule has 3 heterocycles. The maximum atomic E-state index is 12.6. The molecule has 28 heavy (non-hydrogen) atoms. The smallest absolute Gasteiger partial charge is 0.263 e. The van der Waals surface area contributed by atoms with E-state index in [1.807, 2.05) is 0 Å². The summed E-state index contributed by atoms with van der Waals surface area (Å²) in [6.45, 7) is 2.19. The number of nitrogens with zero attached hydrogens (tertiary/aromatic N) is 3. The Balaban J connectivity index is 1.36. The SMILES string of the molecule is O=C(NC1CCCCC1)c1cnc(-c2noc3cc(N4CCCC4)ccc23)s1. The van der Waals surface area contributed by atoms with Crippen LogP contribution in [0.5, 0.6) is 0 Å². The van der Waals surface area contributed by atoms with E-state index in [2.05, 4.69) is 38.6 Å². The number of fused-ring (bicyclic) bond motifs is 1. The van der Waals surface area contributed by atoms with Gasteiger partial charge in [-0.15, -0.1) is 11.3 Å². The number of aromatic nitrogens is 2. The molecule has 0 radical (unpaired) electrons. The number of benzene rings is 1. The molecular weight excluding hydrogens is 372 g/mol. The summed E-state index contributed by atoms with van der Waals surface area (Å²) in [6.07, 6.45) is 9.95. The van der Waals surface area contributed by atoms with Crippen LogP contribution in [0.4, 0.5) is 5.69 Å². The van der Waals surface area contributed by atoms with Gasteiger partial charge in [0.15, 0.2) is 5.58 Å². The van der Waals surface area contributed by atoms with E-state index in [0.717, 1.165) is 41.9 Å². The highest BCUT2D eigenvalue weighted by atomic mass is 32.1. The maximum absolute atomic E-state index is 12.6. The molecule has 0 spiro atoms. The highest BCUT2D eigenvalue weighted by Crippen LogP contribution is 2.33. The van der Waals surface area contributed by atoms with Crippen molar-refractivity contribution in [2.75, 3.05) is 18.0 Å². The van der Waals surface area contributed by atoms with Crippen molar-refractivity contribution in [3.8, 4) is 10.7 Å². The predicted molar refractivity (Wildman–Crippen MR) is 111 cm³/mol. The van der Waals surface area contributed by atoms with Crippen LogP contribution in [0.2, 0.25) is 0 Å². The van der Waals surface area contributed by atoms with Gasteiger partial charge in [-0.1, -0.05) is 24.4 Å². The van der Waals surface area contributed by atoms with E-state index in [0.29, 0.717) is 16.6 Å². The van der Waals surface area contributed by atoms with Crippen molar-refractivity contribution in [2.24, 2.45) is 0 Å². The summed E-state index contributed by atoms with van der Waals surface area (Å²) in [6, 6.07) is 6.53. The number of carbonyl (C=O) groups is 1. The molecule has 1 aliphatic carbocycles. The van der Waals surface area contributed by atoms with Crippen molar-refractivity contribution in [1.29, 1.82) is 0 Å². The van der Waals surface area contributed by atoms with Gasteiger partial charge < -0.3 is 14.7 Å². The third-order valence-corrected chi connectivity index (χ3v) is 6.80. The lowest BCUT2D eigenvalue weighted by Crippen LogP contribution is -2.35. The summed E-state index contributed by atoms with van der Waals surface area (Å²) in [5.74, 6) is -0.0280. The Morgan fingerprint density at radius 3 is 2.79 bits per heavy atom. The number of rotatable bonds is 4. The van der Waals surface area contributed by atoms with Gasteiger partial charge in [-0.05, 0) is 37.8 Å². The second-order valence-electron chi connectivity index (χ2n) is 7.74. The number of carbonyl (C=O) groups excluding carboxylic acids is 1. The van der Waals surface area contributed by atoms with Crippen LogP contribution in [0.3, 0.4) is 0 Å². The van der Waals surface area contributed by atoms with Gasteiger partial charge in [0.25, 0.3) is 5.91 Å². The minimum Gasteiger partial charge on any atom is -0.371 e. The monoisotopic (exact) mass is 396 g/mol. The molecule has 5 rings (SSSR count). The van der Waals surface area contributed by atoms with Gasteiger partial charge >= 0.3 is 0 Å². The van der Waals surface area contributed by atoms with Crippen LogP contribution in [0.1, 0.15) is 54.6 Å². The molecule has 1 N–H and O–H groups in total. The van der Waals surface area contributed by atoms with Crippen LogP contribution in [-0.4, -0.2) is 35.2 Å². The minimum atomic E-state index is -0.0280. The van der Waals surface area contributed by atoms with Gasteiger partial charge in [0, 0.05) is 30.9 Å². The molecule has 3 aromatic rings. The maximum Gasteiger partial charge on any atom is 0.263 e. The first-order valence-corrected chi connectivity index (χ1v) is 11.0. The zero-order valence-electron chi connectivity index (χ0n) is 15.8. The summed E-state index contributed by atoms with van der Waals surface area (Å²) < 4.78 is 5.58. The molecule has 0 bridgehead atoms. The fourth-order valence-corrected chi connectivity index (χ4v) is 5.06. The van der Waals surface area contributed by atoms with Gasteiger partial charge in [-0.25, -0.2) is 4.98 Å². The molecule has 146 valence electrons. The van der Waals surface area contributed by atoms with E-state index in [4.69, 9.17) is 4.52 Å².